The third-order valence-corrected chi connectivity index (χ3v) is 2.53. The summed E-state index contributed by atoms with van der Waals surface area (Å²) in [6, 6.07) is 0. The number of hydrogen-bond acceptors (Lipinski definition) is 6. The van der Waals surface area contributed by atoms with Crippen molar-refractivity contribution in [3.8, 4) is 0 Å². The van der Waals surface area contributed by atoms with Crippen molar-refractivity contribution in [1.82, 2.24) is 4.90 Å². The Morgan fingerprint density at radius 1 is 1.26 bits per heavy atom. The summed E-state index contributed by atoms with van der Waals surface area (Å²) < 4.78 is 5.45. The number of hydrogen-bond donors (Lipinski definition) is 0. The molecule has 0 spiro atoms. The maximum Gasteiger partial charge on any atom is 0.302 e. The zero-order valence-electron chi connectivity index (χ0n) is 10.9. The highest BCUT2D eigenvalue weighted by Gasteiger charge is 2.36. The minimum Gasteiger partial charge on any atom is -0.348 e. The summed E-state index contributed by atoms with van der Waals surface area (Å²) in [5, 5.41) is 21.8. The van der Waals surface area contributed by atoms with Crippen LogP contribution in [-0.2, 0) is 4.74 Å². The van der Waals surface area contributed by atoms with Crippen molar-refractivity contribution in [2.24, 2.45) is 0 Å². The van der Waals surface area contributed by atoms with E-state index < -0.39 is 16.1 Å². The molecule has 1 aliphatic rings. The van der Waals surface area contributed by atoms with Gasteiger partial charge in [0.25, 0.3) is 5.70 Å². The van der Waals surface area contributed by atoms with Crippen LogP contribution in [0.4, 0.5) is 0 Å². The molecular formula is C11H17N3O5. The average molecular weight is 271 g/mol. The molecule has 1 unspecified atom stereocenters. The van der Waals surface area contributed by atoms with E-state index in [0.29, 0.717) is 26.0 Å². The lowest BCUT2D eigenvalue weighted by atomic mass is 10.2. The zero-order valence-corrected chi connectivity index (χ0v) is 10.9. The molecule has 0 bridgehead atoms. The van der Waals surface area contributed by atoms with E-state index in [9.17, 15) is 20.2 Å². The fourth-order valence-electron chi connectivity index (χ4n) is 1.76. The van der Waals surface area contributed by atoms with Gasteiger partial charge in [0.1, 0.15) is 0 Å². The van der Waals surface area contributed by atoms with Crippen LogP contribution in [0.1, 0.15) is 26.7 Å². The molecule has 0 aromatic carbocycles. The van der Waals surface area contributed by atoms with Crippen molar-refractivity contribution in [3.63, 3.8) is 0 Å². The van der Waals surface area contributed by atoms with Gasteiger partial charge < -0.3 is 9.64 Å². The molecule has 106 valence electrons. The van der Waals surface area contributed by atoms with Crippen LogP contribution in [0.15, 0.2) is 23.7 Å². The molecule has 0 amide bonds. The van der Waals surface area contributed by atoms with Crippen LogP contribution in [0.25, 0.3) is 0 Å². The lowest BCUT2D eigenvalue weighted by Crippen LogP contribution is -2.40. The van der Waals surface area contributed by atoms with Gasteiger partial charge >= 0.3 is 5.70 Å². The largest absolute Gasteiger partial charge is 0.348 e. The molecule has 0 radical (unpaired) electrons. The molecule has 1 aliphatic heterocycles. The van der Waals surface area contributed by atoms with Gasteiger partial charge in [-0.3, -0.25) is 20.2 Å². The van der Waals surface area contributed by atoms with E-state index in [2.05, 4.69) is 0 Å². The van der Waals surface area contributed by atoms with Gasteiger partial charge in [-0.2, -0.15) is 0 Å². The van der Waals surface area contributed by atoms with Crippen molar-refractivity contribution in [1.29, 1.82) is 0 Å². The molecule has 8 heteroatoms. The minimum atomic E-state index is -0.862. The van der Waals surface area contributed by atoms with Gasteiger partial charge in [-0.05, 0) is 12.8 Å². The maximum atomic E-state index is 11.0. The lowest BCUT2D eigenvalue weighted by molar-refractivity contribution is -0.451. The van der Waals surface area contributed by atoms with Gasteiger partial charge in [0.2, 0.25) is 6.23 Å². The first-order chi connectivity index (χ1) is 9.01. The van der Waals surface area contributed by atoms with E-state index in [1.807, 2.05) is 13.8 Å². The van der Waals surface area contributed by atoms with E-state index in [1.54, 1.807) is 0 Å². The van der Waals surface area contributed by atoms with Gasteiger partial charge in [-0.25, -0.2) is 0 Å². The van der Waals surface area contributed by atoms with Crippen molar-refractivity contribution in [2.75, 3.05) is 13.2 Å². The first kappa shape index (κ1) is 15.1. The molecule has 19 heavy (non-hydrogen) atoms. The predicted molar refractivity (Wildman–Crippen MR) is 67.2 cm³/mol. The molecule has 0 fully saturated rings. The summed E-state index contributed by atoms with van der Waals surface area (Å²) in [7, 11) is 0. The second kappa shape index (κ2) is 6.83. The molecule has 0 aromatic heterocycles. The highest BCUT2D eigenvalue weighted by Crippen LogP contribution is 2.23. The first-order valence-corrected chi connectivity index (χ1v) is 6.10. The number of allylic oxidation sites excluding steroid dienone is 1. The number of nitro groups is 2. The molecule has 0 aromatic rings. The normalized spacial score (nSPS) is 18.8. The summed E-state index contributed by atoms with van der Waals surface area (Å²) in [6.45, 7) is 4.59. The van der Waals surface area contributed by atoms with Crippen LogP contribution in [0.3, 0.4) is 0 Å². The van der Waals surface area contributed by atoms with E-state index in [4.69, 9.17) is 4.74 Å². The third-order valence-electron chi connectivity index (χ3n) is 2.53. The molecule has 0 aliphatic carbocycles. The summed E-state index contributed by atoms with van der Waals surface area (Å²) in [5.41, 5.74) is -0.590. The summed E-state index contributed by atoms with van der Waals surface area (Å²) in [5.74, 6) is 0. The summed E-state index contributed by atoms with van der Waals surface area (Å²) in [6.07, 6.45) is 2.83. The van der Waals surface area contributed by atoms with Crippen LogP contribution >= 0.6 is 0 Å². The van der Waals surface area contributed by atoms with Crippen LogP contribution in [0.5, 0.6) is 0 Å². The zero-order chi connectivity index (χ0) is 14.4. The third kappa shape index (κ3) is 3.75. The highest BCUT2D eigenvalue weighted by molar-refractivity contribution is 5.21. The van der Waals surface area contributed by atoms with E-state index in [0.717, 1.165) is 6.08 Å². The van der Waals surface area contributed by atoms with Gasteiger partial charge in [-0.15, -0.1) is 0 Å². The average Bonchev–Trinajstić information content (AvgIpc) is 2.36. The Kier molecular flexibility index (Phi) is 5.43. The van der Waals surface area contributed by atoms with Crippen molar-refractivity contribution in [2.45, 2.75) is 32.9 Å². The van der Waals surface area contributed by atoms with Gasteiger partial charge in [0.05, 0.1) is 22.1 Å². The second-order valence-corrected chi connectivity index (χ2v) is 4.10. The van der Waals surface area contributed by atoms with E-state index in [1.165, 1.54) is 11.1 Å². The van der Waals surface area contributed by atoms with Crippen molar-refractivity contribution >= 4 is 0 Å². The number of ether oxygens (including phenoxy) is 1. The Morgan fingerprint density at radius 2 is 1.95 bits per heavy atom. The maximum absolute atomic E-state index is 11.0. The fourth-order valence-corrected chi connectivity index (χ4v) is 1.76. The highest BCUT2D eigenvalue weighted by atomic mass is 16.6. The van der Waals surface area contributed by atoms with Gasteiger partial charge in [0.15, 0.2) is 0 Å². The Hall–Kier alpha value is -1.96. The Morgan fingerprint density at radius 3 is 2.42 bits per heavy atom. The predicted octanol–water partition coefficient (Wildman–Crippen LogP) is 1.74. The second-order valence-electron chi connectivity index (χ2n) is 4.10. The molecule has 0 saturated carbocycles. The standard InChI is InChI=1S/C11H17N3O5/c1-3-5-12-8-9(13(15)16)7-10(14(17)18)11(12)19-6-4-2/h7-8,11H,3-6H2,1-2H3. The molecule has 0 N–H and O–H groups in total. The Balaban J connectivity index is 3.07. The SMILES string of the molecule is CCCOC1C([N+](=O)[O-])=CC([N+](=O)[O-])=CN1CCC. The fraction of sp³-hybridized carbons (Fsp3) is 0.636. The van der Waals surface area contributed by atoms with Gasteiger partial charge in [0, 0.05) is 13.2 Å². The quantitative estimate of drug-likeness (QED) is 0.516. The monoisotopic (exact) mass is 271 g/mol. The van der Waals surface area contributed by atoms with E-state index >= 15 is 0 Å². The lowest BCUT2D eigenvalue weighted by Gasteiger charge is -2.29. The van der Waals surface area contributed by atoms with Crippen molar-refractivity contribution in [3.05, 3.63) is 43.9 Å². The van der Waals surface area contributed by atoms with Crippen LogP contribution < -0.4 is 0 Å². The summed E-state index contributed by atoms with van der Waals surface area (Å²) in [4.78, 5) is 22.1. The van der Waals surface area contributed by atoms with Gasteiger partial charge in [-0.1, -0.05) is 13.8 Å². The minimum absolute atomic E-state index is 0.295. The smallest absolute Gasteiger partial charge is 0.302 e. The Bertz CT molecular complexity index is 419. The van der Waals surface area contributed by atoms with Crippen LogP contribution in [0, 0.1) is 20.2 Å². The van der Waals surface area contributed by atoms with Crippen LogP contribution in [-0.4, -0.2) is 34.1 Å². The summed E-state index contributed by atoms with van der Waals surface area (Å²) >= 11 is 0. The molecule has 1 heterocycles. The number of nitrogens with zero attached hydrogens (tertiary/aromatic N) is 3. The molecule has 1 rings (SSSR count). The molecular weight excluding hydrogens is 254 g/mol. The topological polar surface area (TPSA) is 98.8 Å². The molecule has 8 nitrogen and oxygen atoms in total. The molecule has 0 saturated heterocycles. The van der Waals surface area contributed by atoms with Crippen LogP contribution in [0.2, 0.25) is 0 Å². The number of rotatable bonds is 7. The molecule has 1 atom stereocenters. The van der Waals surface area contributed by atoms with Crippen molar-refractivity contribution < 1.29 is 14.6 Å². The first-order valence-electron chi connectivity index (χ1n) is 6.10. The van der Waals surface area contributed by atoms with E-state index in [-0.39, 0.29) is 11.4 Å². The Labute approximate surface area is 110 Å².